The highest BCUT2D eigenvalue weighted by molar-refractivity contribution is 5.81. The first-order chi connectivity index (χ1) is 7.11. The highest BCUT2D eigenvalue weighted by Gasteiger charge is 2.39. The molecule has 2 aliphatic rings. The number of nitrogens with zero attached hydrogens (tertiary/aromatic N) is 1. The molecule has 1 aliphatic heterocycles. The minimum atomic E-state index is -0.00407. The van der Waals surface area contributed by atoms with Crippen molar-refractivity contribution in [3.63, 3.8) is 0 Å². The fourth-order valence-electron chi connectivity index (χ4n) is 2.30. The summed E-state index contributed by atoms with van der Waals surface area (Å²) in [6.45, 7) is 6.12. The Labute approximate surface area is 92.2 Å². The molecule has 1 amide bonds. The SMILES string of the molecule is CC(NC1(C)CC1)C(=O)N1CCCCC1. The van der Waals surface area contributed by atoms with Gasteiger partial charge in [-0.3, -0.25) is 4.79 Å². The highest BCUT2D eigenvalue weighted by Crippen LogP contribution is 2.34. The topological polar surface area (TPSA) is 32.3 Å². The van der Waals surface area contributed by atoms with Crippen LogP contribution in [0, 0.1) is 0 Å². The van der Waals surface area contributed by atoms with Gasteiger partial charge in [0, 0.05) is 18.6 Å². The van der Waals surface area contributed by atoms with E-state index in [-0.39, 0.29) is 11.6 Å². The molecule has 1 aliphatic carbocycles. The Morgan fingerprint density at radius 3 is 2.40 bits per heavy atom. The summed E-state index contributed by atoms with van der Waals surface area (Å²) in [4.78, 5) is 14.1. The Hall–Kier alpha value is -0.570. The standard InChI is InChI=1S/C12H22N2O/c1-10(13-12(2)6-7-12)11(15)14-8-4-3-5-9-14/h10,13H,3-9H2,1-2H3. The van der Waals surface area contributed by atoms with Gasteiger partial charge in [-0.2, -0.15) is 0 Å². The number of amides is 1. The Balaban J connectivity index is 1.83. The summed E-state index contributed by atoms with van der Waals surface area (Å²) in [6, 6.07) is -0.00407. The van der Waals surface area contributed by atoms with E-state index in [1.165, 1.54) is 32.1 Å². The lowest BCUT2D eigenvalue weighted by Gasteiger charge is -2.30. The second kappa shape index (κ2) is 4.12. The number of carbonyl (C=O) groups excluding carboxylic acids is 1. The summed E-state index contributed by atoms with van der Waals surface area (Å²) in [7, 11) is 0. The second-order valence-corrected chi connectivity index (χ2v) is 5.31. The van der Waals surface area contributed by atoms with Gasteiger partial charge in [0.2, 0.25) is 5.91 Å². The Morgan fingerprint density at radius 1 is 1.27 bits per heavy atom. The Bertz CT molecular complexity index is 242. The molecule has 86 valence electrons. The van der Waals surface area contributed by atoms with E-state index in [9.17, 15) is 4.79 Å². The first kappa shape index (κ1) is 10.9. The maximum absolute atomic E-state index is 12.1. The van der Waals surface area contributed by atoms with Gasteiger partial charge in [0.15, 0.2) is 0 Å². The van der Waals surface area contributed by atoms with E-state index in [1.54, 1.807) is 0 Å². The molecule has 0 aromatic heterocycles. The van der Waals surface area contributed by atoms with Crippen molar-refractivity contribution in [1.82, 2.24) is 10.2 Å². The summed E-state index contributed by atoms with van der Waals surface area (Å²) in [6.07, 6.45) is 6.06. The van der Waals surface area contributed by atoms with Gasteiger partial charge in [0.05, 0.1) is 6.04 Å². The van der Waals surface area contributed by atoms with Crippen molar-refractivity contribution in [2.45, 2.75) is 57.5 Å². The van der Waals surface area contributed by atoms with E-state index >= 15 is 0 Å². The zero-order chi connectivity index (χ0) is 10.9. The fraction of sp³-hybridized carbons (Fsp3) is 0.917. The van der Waals surface area contributed by atoms with Crippen molar-refractivity contribution in [3.8, 4) is 0 Å². The normalized spacial score (nSPS) is 26.1. The number of rotatable bonds is 3. The van der Waals surface area contributed by atoms with Gasteiger partial charge in [-0.25, -0.2) is 0 Å². The lowest BCUT2D eigenvalue weighted by Crippen LogP contribution is -2.49. The van der Waals surface area contributed by atoms with Crippen molar-refractivity contribution >= 4 is 5.91 Å². The van der Waals surface area contributed by atoms with Gasteiger partial charge in [0.1, 0.15) is 0 Å². The molecule has 1 saturated carbocycles. The molecule has 1 unspecified atom stereocenters. The van der Waals surface area contributed by atoms with Gasteiger partial charge in [-0.1, -0.05) is 0 Å². The van der Waals surface area contributed by atoms with E-state index in [2.05, 4.69) is 12.2 Å². The van der Waals surface area contributed by atoms with Crippen LogP contribution in [0.5, 0.6) is 0 Å². The summed E-state index contributed by atoms with van der Waals surface area (Å²) < 4.78 is 0. The molecule has 0 bridgehead atoms. The Kier molecular flexibility index (Phi) is 3.01. The zero-order valence-electron chi connectivity index (χ0n) is 9.88. The zero-order valence-corrected chi connectivity index (χ0v) is 9.88. The van der Waals surface area contributed by atoms with Crippen LogP contribution in [0.2, 0.25) is 0 Å². The van der Waals surface area contributed by atoms with Crippen LogP contribution in [-0.4, -0.2) is 35.5 Å². The van der Waals surface area contributed by atoms with Crippen LogP contribution in [0.15, 0.2) is 0 Å². The number of likely N-dealkylation sites (tertiary alicyclic amines) is 1. The first-order valence-corrected chi connectivity index (χ1v) is 6.17. The van der Waals surface area contributed by atoms with Gasteiger partial charge in [-0.05, 0) is 46.0 Å². The smallest absolute Gasteiger partial charge is 0.239 e. The molecule has 0 radical (unpaired) electrons. The minimum Gasteiger partial charge on any atom is -0.341 e. The second-order valence-electron chi connectivity index (χ2n) is 5.31. The third-order valence-electron chi connectivity index (χ3n) is 3.60. The van der Waals surface area contributed by atoms with Gasteiger partial charge in [-0.15, -0.1) is 0 Å². The lowest BCUT2D eigenvalue weighted by atomic mass is 10.1. The molecule has 0 aromatic carbocycles. The molecule has 1 heterocycles. The van der Waals surface area contributed by atoms with E-state index in [0.717, 1.165) is 13.1 Å². The van der Waals surface area contributed by atoms with Crippen molar-refractivity contribution in [2.24, 2.45) is 0 Å². The first-order valence-electron chi connectivity index (χ1n) is 6.17. The predicted octanol–water partition coefficient (Wildman–Crippen LogP) is 1.53. The maximum Gasteiger partial charge on any atom is 0.239 e. The van der Waals surface area contributed by atoms with Crippen LogP contribution in [0.4, 0.5) is 0 Å². The number of piperidine rings is 1. The van der Waals surface area contributed by atoms with E-state index in [4.69, 9.17) is 0 Å². The van der Waals surface area contributed by atoms with Crippen molar-refractivity contribution in [3.05, 3.63) is 0 Å². The molecule has 1 N–H and O–H groups in total. The highest BCUT2D eigenvalue weighted by atomic mass is 16.2. The molecule has 2 fully saturated rings. The van der Waals surface area contributed by atoms with Crippen LogP contribution < -0.4 is 5.32 Å². The molecule has 1 saturated heterocycles. The van der Waals surface area contributed by atoms with Crippen LogP contribution in [0.1, 0.15) is 46.0 Å². The number of hydrogen-bond acceptors (Lipinski definition) is 2. The van der Waals surface area contributed by atoms with Gasteiger partial charge >= 0.3 is 0 Å². The van der Waals surface area contributed by atoms with Crippen molar-refractivity contribution < 1.29 is 4.79 Å². The van der Waals surface area contributed by atoms with E-state index < -0.39 is 0 Å². The van der Waals surface area contributed by atoms with E-state index in [0.29, 0.717) is 5.91 Å². The van der Waals surface area contributed by atoms with Crippen LogP contribution >= 0.6 is 0 Å². The molecule has 3 nitrogen and oxygen atoms in total. The van der Waals surface area contributed by atoms with Gasteiger partial charge in [0.25, 0.3) is 0 Å². The van der Waals surface area contributed by atoms with Crippen LogP contribution in [-0.2, 0) is 4.79 Å². The quantitative estimate of drug-likeness (QED) is 0.766. The predicted molar refractivity (Wildman–Crippen MR) is 60.7 cm³/mol. The molecule has 0 spiro atoms. The summed E-state index contributed by atoms with van der Waals surface area (Å²) in [5.74, 6) is 0.294. The Morgan fingerprint density at radius 2 is 1.87 bits per heavy atom. The van der Waals surface area contributed by atoms with Gasteiger partial charge < -0.3 is 10.2 Å². The molecule has 1 atom stereocenters. The molecular weight excluding hydrogens is 188 g/mol. The molecular formula is C12H22N2O. The van der Waals surface area contributed by atoms with Crippen LogP contribution in [0.25, 0.3) is 0 Å². The third-order valence-corrected chi connectivity index (χ3v) is 3.60. The summed E-state index contributed by atoms with van der Waals surface area (Å²) in [5.41, 5.74) is 0.255. The fourth-order valence-corrected chi connectivity index (χ4v) is 2.30. The number of nitrogens with one attached hydrogen (secondary N) is 1. The molecule has 15 heavy (non-hydrogen) atoms. The summed E-state index contributed by atoms with van der Waals surface area (Å²) in [5, 5.41) is 3.44. The molecule has 3 heteroatoms. The average molecular weight is 210 g/mol. The van der Waals surface area contributed by atoms with Crippen molar-refractivity contribution in [1.29, 1.82) is 0 Å². The maximum atomic E-state index is 12.1. The largest absolute Gasteiger partial charge is 0.341 e. The summed E-state index contributed by atoms with van der Waals surface area (Å²) >= 11 is 0. The minimum absolute atomic E-state index is 0.00407. The average Bonchev–Trinajstić information content (AvgIpc) is 2.96. The molecule has 0 aromatic rings. The number of hydrogen-bond donors (Lipinski definition) is 1. The monoisotopic (exact) mass is 210 g/mol. The van der Waals surface area contributed by atoms with Crippen molar-refractivity contribution in [2.75, 3.05) is 13.1 Å². The lowest BCUT2D eigenvalue weighted by molar-refractivity contribution is -0.134. The number of carbonyl (C=O) groups is 1. The molecule has 2 rings (SSSR count). The third kappa shape index (κ3) is 2.71. The van der Waals surface area contributed by atoms with Crippen LogP contribution in [0.3, 0.4) is 0 Å². The van der Waals surface area contributed by atoms with E-state index in [1.807, 2.05) is 11.8 Å².